The van der Waals surface area contributed by atoms with Crippen molar-refractivity contribution in [2.75, 3.05) is 5.32 Å². The van der Waals surface area contributed by atoms with Gasteiger partial charge in [-0.2, -0.15) is 13.2 Å². The van der Waals surface area contributed by atoms with Crippen LogP contribution in [-0.4, -0.2) is 18.0 Å². The summed E-state index contributed by atoms with van der Waals surface area (Å²) in [4.78, 5) is 12.1. The van der Waals surface area contributed by atoms with E-state index < -0.39 is 17.6 Å². The fourth-order valence-corrected chi connectivity index (χ4v) is 2.97. The molecule has 2 unspecified atom stereocenters. The van der Waals surface area contributed by atoms with E-state index in [1.54, 1.807) is 0 Å². The minimum Gasteiger partial charge on any atom is -0.325 e. The summed E-state index contributed by atoms with van der Waals surface area (Å²) in [7, 11) is 0. The van der Waals surface area contributed by atoms with Crippen molar-refractivity contribution in [3.05, 3.63) is 65.7 Å². The summed E-state index contributed by atoms with van der Waals surface area (Å²) in [6.07, 6.45) is -2.57. The zero-order chi connectivity index (χ0) is 19.9. The van der Waals surface area contributed by atoms with Gasteiger partial charge in [-0.05, 0) is 44.4 Å². The maximum atomic E-state index is 13.0. The van der Waals surface area contributed by atoms with E-state index in [1.165, 1.54) is 23.8 Å². The van der Waals surface area contributed by atoms with E-state index in [-0.39, 0.29) is 24.2 Å². The lowest BCUT2D eigenvalue weighted by atomic mass is 10.1. The van der Waals surface area contributed by atoms with E-state index in [4.69, 9.17) is 0 Å². The fraction of sp³-hybridized carbons (Fsp3) is 0.381. The van der Waals surface area contributed by atoms with Crippen LogP contribution in [0.15, 0.2) is 54.6 Å². The molecule has 27 heavy (non-hydrogen) atoms. The molecule has 0 radical (unpaired) electrons. The van der Waals surface area contributed by atoms with Crippen molar-refractivity contribution in [1.29, 1.82) is 0 Å². The SMILES string of the molecule is CC(CCc1ccccc1)NC(C)CC(=O)Nc1ccccc1C(F)(F)F. The Morgan fingerprint density at radius 1 is 0.963 bits per heavy atom. The lowest BCUT2D eigenvalue weighted by Gasteiger charge is -2.20. The molecule has 2 rings (SSSR count). The second-order valence-corrected chi connectivity index (χ2v) is 6.79. The predicted molar refractivity (Wildman–Crippen MR) is 102 cm³/mol. The summed E-state index contributed by atoms with van der Waals surface area (Å²) in [6.45, 7) is 3.89. The number of aryl methyl sites for hydroxylation is 1. The number of rotatable bonds is 8. The molecule has 0 heterocycles. The third kappa shape index (κ3) is 7.06. The van der Waals surface area contributed by atoms with E-state index in [0.29, 0.717) is 0 Å². The summed E-state index contributed by atoms with van der Waals surface area (Å²) in [5, 5.41) is 5.71. The van der Waals surface area contributed by atoms with Gasteiger partial charge in [0.2, 0.25) is 5.91 Å². The average Bonchev–Trinajstić information content (AvgIpc) is 2.60. The Bertz CT molecular complexity index is 732. The first-order valence-electron chi connectivity index (χ1n) is 9.01. The number of benzene rings is 2. The van der Waals surface area contributed by atoms with Crippen LogP contribution in [0.5, 0.6) is 0 Å². The van der Waals surface area contributed by atoms with E-state index in [2.05, 4.69) is 22.8 Å². The summed E-state index contributed by atoms with van der Waals surface area (Å²) >= 11 is 0. The largest absolute Gasteiger partial charge is 0.418 e. The van der Waals surface area contributed by atoms with Crippen molar-refractivity contribution in [3.8, 4) is 0 Å². The number of amides is 1. The van der Waals surface area contributed by atoms with E-state index in [1.807, 2.05) is 32.0 Å². The second kappa shape index (κ2) is 9.55. The fourth-order valence-electron chi connectivity index (χ4n) is 2.97. The van der Waals surface area contributed by atoms with E-state index in [9.17, 15) is 18.0 Å². The molecule has 2 N–H and O–H groups in total. The van der Waals surface area contributed by atoms with Crippen molar-refractivity contribution in [2.45, 2.75) is 51.4 Å². The van der Waals surface area contributed by atoms with Crippen LogP contribution in [0.1, 0.15) is 37.8 Å². The summed E-state index contributed by atoms with van der Waals surface area (Å²) in [5.74, 6) is -0.443. The molecule has 2 atom stereocenters. The normalized spacial score (nSPS) is 13.8. The molecular weight excluding hydrogens is 353 g/mol. The Kier molecular flexibility index (Phi) is 7.42. The van der Waals surface area contributed by atoms with Crippen molar-refractivity contribution >= 4 is 11.6 Å². The van der Waals surface area contributed by atoms with Gasteiger partial charge in [0.25, 0.3) is 0 Å². The van der Waals surface area contributed by atoms with Gasteiger partial charge in [-0.1, -0.05) is 42.5 Å². The van der Waals surface area contributed by atoms with Crippen molar-refractivity contribution < 1.29 is 18.0 Å². The molecule has 0 aliphatic carbocycles. The first-order chi connectivity index (χ1) is 12.8. The minimum atomic E-state index is -4.50. The molecule has 0 saturated heterocycles. The zero-order valence-corrected chi connectivity index (χ0v) is 15.5. The van der Waals surface area contributed by atoms with Crippen LogP contribution in [0.4, 0.5) is 18.9 Å². The number of carbonyl (C=O) groups excluding carboxylic acids is 1. The number of carbonyl (C=O) groups is 1. The number of alkyl halides is 3. The highest BCUT2D eigenvalue weighted by atomic mass is 19.4. The van der Waals surface area contributed by atoms with Crippen LogP contribution in [0.2, 0.25) is 0 Å². The molecule has 1 amide bonds. The molecule has 0 saturated carbocycles. The number of para-hydroxylation sites is 1. The van der Waals surface area contributed by atoms with Gasteiger partial charge in [-0.15, -0.1) is 0 Å². The van der Waals surface area contributed by atoms with Gasteiger partial charge in [0, 0.05) is 18.5 Å². The van der Waals surface area contributed by atoms with Crippen molar-refractivity contribution in [2.24, 2.45) is 0 Å². The van der Waals surface area contributed by atoms with Crippen LogP contribution >= 0.6 is 0 Å². The predicted octanol–water partition coefficient (Wildman–Crippen LogP) is 5.03. The summed E-state index contributed by atoms with van der Waals surface area (Å²) in [6, 6.07) is 15.2. The molecule has 0 bridgehead atoms. The topological polar surface area (TPSA) is 41.1 Å². The summed E-state index contributed by atoms with van der Waals surface area (Å²) < 4.78 is 39.0. The average molecular weight is 378 g/mol. The van der Waals surface area contributed by atoms with Crippen molar-refractivity contribution in [1.82, 2.24) is 5.32 Å². The monoisotopic (exact) mass is 378 g/mol. The highest BCUT2D eigenvalue weighted by Gasteiger charge is 2.33. The lowest BCUT2D eigenvalue weighted by molar-refractivity contribution is -0.137. The van der Waals surface area contributed by atoms with Crippen LogP contribution in [-0.2, 0) is 17.4 Å². The van der Waals surface area contributed by atoms with Gasteiger partial charge < -0.3 is 10.6 Å². The molecule has 2 aromatic carbocycles. The third-order valence-corrected chi connectivity index (χ3v) is 4.28. The third-order valence-electron chi connectivity index (χ3n) is 4.28. The second-order valence-electron chi connectivity index (χ2n) is 6.79. The molecule has 6 heteroatoms. The van der Waals surface area contributed by atoms with Crippen LogP contribution < -0.4 is 10.6 Å². The standard InChI is InChI=1S/C21H25F3N2O/c1-15(12-13-17-8-4-3-5-9-17)25-16(2)14-20(27)26-19-11-7-6-10-18(19)21(22,23)24/h3-11,15-16,25H,12-14H2,1-2H3,(H,26,27). The maximum Gasteiger partial charge on any atom is 0.418 e. The van der Waals surface area contributed by atoms with Gasteiger partial charge in [-0.25, -0.2) is 0 Å². The van der Waals surface area contributed by atoms with Gasteiger partial charge in [0.1, 0.15) is 0 Å². The molecule has 3 nitrogen and oxygen atoms in total. The van der Waals surface area contributed by atoms with Gasteiger partial charge >= 0.3 is 6.18 Å². The highest BCUT2D eigenvalue weighted by molar-refractivity contribution is 5.92. The Morgan fingerprint density at radius 3 is 2.26 bits per heavy atom. The van der Waals surface area contributed by atoms with Gasteiger partial charge in [0.15, 0.2) is 0 Å². The first-order valence-corrected chi connectivity index (χ1v) is 9.01. The van der Waals surface area contributed by atoms with E-state index in [0.717, 1.165) is 18.9 Å². The molecule has 0 aliphatic rings. The molecule has 0 aliphatic heterocycles. The van der Waals surface area contributed by atoms with Crippen LogP contribution in [0, 0.1) is 0 Å². The Labute approximate surface area is 158 Å². The van der Waals surface area contributed by atoms with E-state index >= 15 is 0 Å². The number of halogens is 3. The quantitative estimate of drug-likeness (QED) is 0.676. The minimum absolute atomic E-state index is 0.0991. The zero-order valence-electron chi connectivity index (χ0n) is 15.5. The van der Waals surface area contributed by atoms with Crippen LogP contribution in [0.3, 0.4) is 0 Å². The number of anilines is 1. The van der Waals surface area contributed by atoms with Crippen molar-refractivity contribution in [3.63, 3.8) is 0 Å². The summed E-state index contributed by atoms with van der Waals surface area (Å²) in [5.41, 5.74) is 0.204. The molecule has 0 aromatic heterocycles. The maximum absolute atomic E-state index is 13.0. The Balaban J connectivity index is 1.82. The Morgan fingerprint density at radius 2 is 1.59 bits per heavy atom. The lowest BCUT2D eigenvalue weighted by Crippen LogP contribution is -2.37. The number of hydrogen-bond acceptors (Lipinski definition) is 2. The molecule has 146 valence electrons. The number of nitrogens with one attached hydrogen (secondary N) is 2. The first kappa shape index (κ1) is 21.0. The molecule has 0 fully saturated rings. The van der Waals surface area contributed by atoms with Crippen LogP contribution in [0.25, 0.3) is 0 Å². The molecular formula is C21H25F3N2O. The smallest absolute Gasteiger partial charge is 0.325 e. The molecule has 0 spiro atoms. The van der Waals surface area contributed by atoms with Gasteiger partial charge in [-0.3, -0.25) is 4.79 Å². The number of hydrogen-bond donors (Lipinski definition) is 2. The molecule has 2 aromatic rings. The Hall–Kier alpha value is -2.34. The van der Waals surface area contributed by atoms with Gasteiger partial charge in [0.05, 0.1) is 11.3 Å². The highest BCUT2D eigenvalue weighted by Crippen LogP contribution is 2.34.